The first kappa shape index (κ1) is 13.8. The van der Waals surface area contributed by atoms with Crippen LogP contribution in [-0.4, -0.2) is 25.2 Å². The van der Waals surface area contributed by atoms with Crippen LogP contribution in [0.15, 0.2) is 30.3 Å². The number of hydrogen-bond acceptors (Lipinski definition) is 4. The molecule has 0 spiro atoms. The quantitative estimate of drug-likeness (QED) is 0.730. The van der Waals surface area contributed by atoms with Gasteiger partial charge in [-0.1, -0.05) is 24.3 Å². The van der Waals surface area contributed by atoms with Crippen LogP contribution >= 0.6 is 0 Å². The summed E-state index contributed by atoms with van der Waals surface area (Å²) >= 11 is 0. The molecule has 116 valence electrons. The Morgan fingerprint density at radius 3 is 2.52 bits per heavy atom. The third-order valence-electron chi connectivity index (χ3n) is 4.35. The minimum atomic E-state index is -0.301. The topological polar surface area (TPSA) is 67.8 Å². The molecular weight excluding hydrogens is 294 g/mol. The maximum absolute atomic E-state index is 12.5. The van der Waals surface area contributed by atoms with Crippen LogP contribution in [0.1, 0.15) is 15.9 Å². The Balaban J connectivity index is 2.35. The molecule has 0 fully saturated rings. The maximum Gasteiger partial charge on any atom is 0.256 e. The highest BCUT2D eigenvalue weighted by Gasteiger charge is 2.32. The number of rotatable bonds is 3. The number of hydrogen-bond donors (Lipinski definition) is 2. The zero-order valence-electron chi connectivity index (χ0n) is 12.8. The molecule has 3 aromatic carbocycles. The first-order chi connectivity index (χ1) is 11.2. The number of aliphatic hydroxyl groups excluding tert-OH is 1. The summed E-state index contributed by atoms with van der Waals surface area (Å²) in [4.78, 5) is 12.5. The fraction of sp³-hybridized carbons (Fsp3) is 0.167. The van der Waals surface area contributed by atoms with Gasteiger partial charge < -0.3 is 19.9 Å². The van der Waals surface area contributed by atoms with Crippen molar-refractivity contribution in [3.8, 4) is 11.5 Å². The summed E-state index contributed by atoms with van der Waals surface area (Å²) in [5.41, 5.74) is 1.64. The van der Waals surface area contributed by atoms with Gasteiger partial charge in [0.2, 0.25) is 0 Å². The van der Waals surface area contributed by atoms with Gasteiger partial charge in [0.15, 0.2) is 11.5 Å². The third-order valence-corrected chi connectivity index (χ3v) is 4.35. The fourth-order valence-corrected chi connectivity index (χ4v) is 3.45. The predicted octanol–water partition coefficient (Wildman–Crippen LogP) is 3.07. The van der Waals surface area contributed by atoms with E-state index in [0.29, 0.717) is 22.6 Å². The van der Waals surface area contributed by atoms with E-state index in [9.17, 15) is 9.90 Å². The van der Waals surface area contributed by atoms with Crippen LogP contribution in [0, 0.1) is 0 Å². The lowest BCUT2D eigenvalue weighted by Gasteiger charge is -2.17. The lowest BCUT2D eigenvalue weighted by molar-refractivity contribution is 0.102. The average molecular weight is 309 g/mol. The minimum absolute atomic E-state index is 0.231. The van der Waals surface area contributed by atoms with Gasteiger partial charge in [-0.25, -0.2) is 0 Å². The molecule has 0 aliphatic carbocycles. The second-order valence-corrected chi connectivity index (χ2v) is 5.43. The minimum Gasteiger partial charge on any atom is -0.492 e. The molecule has 0 unspecified atom stereocenters. The summed E-state index contributed by atoms with van der Waals surface area (Å²) in [6, 6.07) is 9.81. The zero-order valence-corrected chi connectivity index (χ0v) is 12.8. The van der Waals surface area contributed by atoms with Gasteiger partial charge in [0.25, 0.3) is 5.91 Å². The van der Waals surface area contributed by atoms with Gasteiger partial charge in [-0.15, -0.1) is 0 Å². The highest BCUT2D eigenvalue weighted by molar-refractivity contribution is 6.31. The van der Waals surface area contributed by atoms with Crippen LogP contribution in [0.2, 0.25) is 0 Å². The fourth-order valence-electron chi connectivity index (χ4n) is 3.45. The largest absolute Gasteiger partial charge is 0.492 e. The molecule has 0 saturated carbocycles. The molecule has 4 rings (SSSR count). The van der Waals surface area contributed by atoms with Crippen molar-refractivity contribution in [2.75, 3.05) is 19.5 Å². The molecule has 1 aliphatic rings. The molecule has 23 heavy (non-hydrogen) atoms. The molecule has 1 amide bonds. The lowest BCUT2D eigenvalue weighted by Crippen LogP contribution is -2.09. The van der Waals surface area contributed by atoms with Crippen LogP contribution in [-0.2, 0) is 6.61 Å². The molecule has 1 heterocycles. The summed E-state index contributed by atoms with van der Waals surface area (Å²) in [7, 11) is 3.07. The molecule has 0 radical (unpaired) electrons. The lowest BCUT2D eigenvalue weighted by atomic mass is 9.93. The average Bonchev–Trinajstić information content (AvgIpc) is 2.90. The van der Waals surface area contributed by atoms with Gasteiger partial charge in [-0.05, 0) is 16.8 Å². The van der Waals surface area contributed by atoms with Crippen molar-refractivity contribution >= 4 is 33.1 Å². The monoisotopic (exact) mass is 309 g/mol. The summed E-state index contributed by atoms with van der Waals surface area (Å²) < 4.78 is 11.1. The second-order valence-electron chi connectivity index (χ2n) is 5.43. The van der Waals surface area contributed by atoms with Crippen molar-refractivity contribution in [1.82, 2.24) is 0 Å². The first-order valence-electron chi connectivity index (χ1n) is 7.25. The Labute approximate surface area is 132 Å². The first-order valence-corrected chi connectivity index (χ1v) is 7.25. The van der Waals surface area contributed by atoms with Crippen molar-refractivity contribution in [3.63, 3.8) is 0 Å². The number of amides is 1. The standard InChI is InChI=1S/C18H15NO4/c1-22-16-11(8-20)14-15-12(19-18(14)21)7-9-5-3-4-6-10(9)13(15)17(16)23-2/h3-7,20H,8H2,1-2H3,(H,19,21). The predicted molar refractivity (Wildman–Crippen MR) is 88.4 cm³/mol. The molecule has 5 heteroatoms. The van der Waals surface area contributed by atoms with E-state index in [1.54, 1.807) is 7.11 Å². The number of anilines is 1. The molecule has 1 aliphatic heterocycles. The molecular formula is C18H15NO4. The van der Waals surface area contributed by atoms with Crippen molar-refractivity contribution in [2.45, 2.75) is 6.61 Å². The highest BCUT2D eigenvalue weighted by Crippen LogP contribution is 2.49. The van der Waals surface area contributed by atoms with Crippen molar-refractivity contribution in [1.29, 1.82) is 0 Å². The van der Waals surface area contributed by atoms with E-state index in [2.05, 4.69) is 5.32 Å². The van der Waals surface area contributed by atoms with Gasteiger partial charge in [-0.2, -0.15) is 0 Å². The Hall–Kier alpha value is -2.79. The van der Waals surface area contributed by atoms with Crippen LogP contribution in [0.3, 0.4) is 0 Å². The number of fused-ring (bicyclic) bond motifs is 2. The Morgan fingerprint density at radius 1 is 1.09 bits per heavy atom. The highest BCUT2D eigenvalue weighted by atomic mass is 16.5. The number of methoxy groups -OCH3 is 2. The van der Waals surface area contributed by atoms with E-state index in [1.165, 1.54) is 7.11 Å². The normalized spacial score (nSPS) is 12.7. The van der Waals surface area contributed by atoms with E-state index in [-0.39, 0.29) is 12.5 Å². The molecule has 5 nitrogen and oxygen atoms in total. The molecule has 2 N–H and O–H groups in total. The number of aliphatic hydroxyl groups is 1. The SMILES string of the molecule is COc1c(CO)c2c3c(cc4ccccc4c3c1OC)NC2=O. The van der Waals surface area contributed by atoms with Crippen LogP contribution in [0.4, 0.5) is 5.69 Å². The van der Waals surface area contributed by atoms with Crippen molar-refractivity contribution in [3.05, 3.63) is 41.5 Å². The summed E-state index contributed by atoms with van der Waals surface area (Å²) in [5, 5.41) is 16.2. The summed E-state index contributed by atoms with van der Waals surface area (Å²) in [6.07, 6.45) is 0. The third kappa shape index (κ3) is 1.68. The maximum atomic E-state index is 12.5. The summed E-state index contributed by atoms with van der Waals surface area (Å²) in [5.74, 6) is 0.701. The molecule has 3 aromatic rings. The second kappa shape index (κ2) is 4.86. The molecule has 0 atom stereocenters. The van der Waals surface area contributed by atoms with Crippen molar-refractivity contribution < 1.29 is 19.4 Å². The Bertz CT molecular complexity index is 978. The number of carbonyl (C=O) groups excluding carboxylic acids is 1. The number of nitrogens with one attached hydrogen (secondary N) is 1. The van der Waals surface area contributed by atoms with Gasteiger partial charge in [0.1, 0.15) is 0 Å². The zero-order chi connectivity index (χ0) is 16.1. The van der Waals surface area contributed by atoms with Crippen LogP contribution in [0.25, 0.3) is 21.5 Å². The van der Waals surface area contributed by atoms with Gasteiger partial charge >= 0.3 is 0 Å². The van der Waals surface area contributed by atoms with Gasteiger partial charge in [0, 0.05) is 16.3 Å². The molecule has 0 aromatic heterocycles. The number of carbonyl (C=O) groups is 1. The van der Waals surface area contributed by atoms with Crippen LogP contribution in [0.5, 0.6) is 11.5 Å². The van der Waals surface area contributed by atoms with Crippen molar-refractivity contribution in [2.24, 2.45) is 0 Å². The van der Waals surface area contributed by atoms with E-state index in [1.807, 2.05) is 30.3 Å². The Morgan fingerprint density at radius 2 is 1.83 bits per heavy atom. The number of ether oxygens (including phenoxy) is 2. The smallest absolute Gasteiger partial charge is 0.256 e. The van der Waals surface area contributed by atoms with E-state index >= 15 is 0 Å². The summed E-state index contributed by atoms with van der Waals surface area (Å²) in [6.45, 7) is -0.301. The van der Waals surface area contributed by atoms with Gasteiger partial charge in [0.05, 0.1) is 32.1 Å². The van der Waals surface area contributed by atoms with Gasteiger partial charge in [-0.3, -0.25) is 4.79 Å². The van der Waals surface area contributed by atoms with E-state index in [0.717, 1.165) is 27.2 Å². The van der Waals surface area contributed by atoms with E-state index < -0.39 is 0 Å². The van der Waals surface area contributed by atoms with Crippen LogP contribution < -0.4 is 14.8 Å². The Kier molecular flexibility index (Phi) is 2.92. The number of benzene rings is 3. The molecule has 0 saturated heterocycles. The van der Waals surface area contributed by atoms with E-state index in [4.69, 9.17) is 9.47 Å². The molecule has 0 bridgehead atoms.